The van der Waals surface area contributed by atoms with Gasteiger partial charge in [0, 0.05) is 18.2 Å². The largest absolute Gasteiger partial charge is 0.489 e. The third-order valence-electron chi connectivity index (χ3n) is 5.22. The maximum absolute atomic E-state index is 13.6. The molecule has 2 aromatic carbocycles. The van der Waals surface area contributed by atoms with Gasteiger partial charge in [-0.25, -0.2) is 4.39 Å². The second kappa shape index (κ2) is 6.48. The number of halogens is 1. The molecule has 0 aliphatic carbocycles. The Hall–Kier alpha value is -2.40. The summed E-state index contributed by atoms with van der Waals surface area (Å²) in [5.74, 6) is 0.576. The number of ether oxygens (including phenoxy) is 1. The van der Waals surface area contributed by atoms with Gasteiger partial charge in [-0.1, -0.05) is 30.3 Å². The van der Waals surface area contributed by atoms with Crippen molar-refractivity contribution in [3.63, 3.8) is 0 Å². The Labute approximate surface area is 146 Å². The van der Waals surface area contributed by atoms with E-state index in [9.17, 15) is 9.18 Å². The molecule has 2 saturated heterocycles. The minimum absolute atomic E-state index is 0.125. The van der Waals surface area contributed by atoms with Crippen LogP contribution < -0.4 is 15.4 Å². The van der Waals surface area contributed by atoms with Crippen molar-refractivity contribution in [2.75, 3.05) is 6.54 Å². The number of rotatable bonds is 4. The van der Waals surface area contributed by atoms with Gasteiger partial charge in [-0.05, 0) is 43.0 Å². The first-order chi connectivity index (χ1) is 12.2. The van der Waals surface area contributed by atoms with E-state index in [0.29, 0.717) is 11.3 Å². The second-order valence-corrected chi connectivity index (χ2v) is 6.77. The molecule has 2 fully saturated rings. The molecule has 5 heteroatoms. The quantitative estimate of drug-likeness (QED) is 0.899. The van der Waals surface area contributed by atoms with Crippen molar-refractivity contribution in [1.82, 2.24) is 10.6 Å². The van der Waals surface area contributed by atoms with Crippen LogP contribution in [0.2, 0.25) is 0 Å². The molecule has 0 bridgehead atoms. The van der Waals surface area contributed by atoms with Gasteiger partial charge in [-0.2, -0.15) is 0 Å². The smallest absolute Gasteiger partial charge is 0.240 e. The summed E-state index contributed by atoms with van der Waals surface area (Å²) in [7, 11) is 0. The lowest BCUT2D eigenvalue weighted by molar-refractivity contribution is -0.124. The summed E-state index contributed by atoms with van der Waals surface area (Å²) in [6, 6.07) is 14.6. The van der Waals surface area contributed by atoms with Crippen LogP contribution in [0.5, 0.6) is 5.75 Å². The van der Waals surface area contributed by atoms with Crippen LogP contribution in [0.3, 0.4) is 0 Å². The van der Waals surface area contributed by atoms with E-state index in [0.717, 1.165) is 31.4 Å². The fourth-order valence-corrected chi connectivity index (χ4v) is 3.74. The molecule has 2 aliphatic rings. The van der Waals surface area contributed by atoms with E-state index in [2.05, 4.69) is 10.6 Å². The highest BCUT2D eigenvalue weighted by atomic mass is 19.1. The molecule has 25 heavy (non-hydrogen) atoms. The van der Waals surface area contributed by atoms with E-state index in [4.69, 9.17) is 4.74 Å². The number of carbonyl (C=O) groups excluding carboxylic acids is 1. The molecular weight excluding hydrogens is 319 g/mol. The zero-order valence-corrected chi connectivity index (χ0v) is 13.9. The van der Waals surface area contributed by atoms with E-state index in [1.165, 1.54) is 6.07 Å². The van der Waals surface area contributed by atoms with Crippen LogP contribution in [0.25, 0.3) is 0 Å². The Morgan fingerprint density at radius 1 is 1.12 bits per heavy atom. The zero-order valence-electron chi connectivity index (χ0n) is 13.9. The molecule has 1 spiro atoms. The van der Waals surface area contributed by atoms with E-state index in [-0.39, 0.29) is 29.9 Å². The Kier molecular flexibility index (Phi) is 4.17. The summed E-state index contributed by atoms with van der Waals surface area (Å²) in [5, 5.41) is 6.43. The number of hydrogen-bond acceptors (Lipinski definition) is 3. The predicted molar refractivity (Wildman–Crippen MR) is 92.6 cm³/mol. The first-order valence-electron chi connectivity index (χ1n) is 8.68. The SMILES string of the molecule is O=C1NCC[C@@]12CC[C@H](c1ccc(OCc3ccccc3F)cc1)N2. The zero-order chi connectivity index (χ0) is 17.3. The molecular formula is C20H21FN2O2. The van der Waals surface area contributed by atoms with Crippen molar-refractivity contribution in [3.8, 4) is 5.75 Å². The monoisotopic (exact) mass is 340 g/mol. The van der Waals surface area contributed by atoms with Crippen molar-refractivity contribution >= 4 is 5.91 Å². The average Bonchev–Trinajstić information content (AvgIpc) is 3.22. The number of hydrogen-bond donors (Lipinski definition) is 2. The number of nitrogens with one attached hydrogen (secondary N) is 2. The van der Waals surface area contributed by atoms with Crippen molar-refractivity contribution < 1.29 is 13.9 Å². The van der Waals surface area contributed by atoms with Crippen molar-refractivity contribution in [1.29, 1.82) is 0 Å². The summed E-state index contributed by atoms with van der Waals surface area (Å²) < 4.78 is 19.3. The number of carbonyl (C=O) groups is 1. The fourth-order valence-electron chi connectivity index (χ4n) is 3.74. The van der Waals surface area contributed by atoms with Crippen molar-refractivity contribution in [3.05, 3.63) is 65.5 Å². The first kappa shape index (κ1) is 16.1. The third kappa shape index (κ3) is 3.12. The van der Waals surface area contributed by atoms with E-state index in [1.54, 1.807) is 18.2 Å². The fraction of sp³-hybridized carbons (Fsp3) is 0.350. The maximum atomic E-state index is 13.6. The maximum Gasteiger partial charge on any atom is 0.240 e. The lowest BCUT2D eigenvalue weighted by Gasteiger charge is -2.22. The highest BCUT2D eigenvalue weighted by Crippen LogP contribution is 2.37. The van der Waals surface area contributed by atoms with Crippen LogP contribution in [0, 0.1) is 5.82 Å². The van der Waals surface area contributed by atoms with Crippen molar-refractivity contribution in [2.45, 2.75) is 37.5 Å². The minimum atomic E-state index is -0.384. The van der Waals surface area contributed by atoms with E-state index in [1.807, 2.05) is 24.3 Å². The molecule has 2 heterocycles. The Morgan fingerprint density at radius 3 is 2.64 bits per heavy atom. The van der Waals surface area contributed by atoms with Crippen molar-refractivity contribution in [2.24, 2.45) is 0 Å². The molecule has 2 N–H and O–H groups in total. The van der Waals surface area contributed by atoms with Gasteiger partial charge in [0.1, 0.15) is 23.7 Å². The van der Waals surface area contributed by atoms with Crippen LogP contribution in [0.1, 0.15) is 36.4 Å². The van der Waals surface area contributed by atoms with Crippen LogP contribution in [0.4, 0.5) is 4.39 Å². The summed E-state index contributed by atoms with van der Waals surface area (Å²) >= 11 is 0. The third-order valence-corrected chi connectivity index (χ3v) is 5.22. The molecule has 1 amide bonds. The van der Waals surface area contributed by atoms with Gasteiger partial charge >= 0.3 is 0 Å². The van der Waals surface area contributed by atoms with Gasteiger partial charge in [-0.3, -0.25) is 10.1 Å². The van der Waals surface area contributed by atoms with Crippen LogP contribution in [0.15, 0.2) is 48.5 Å². The van der Waals surface area contributed by atoms with Gasteiger partial charge in [0.15, 0.2) is 0 Å². The van der Waals surface area contributed by atoms with Gasteiger partial charge in [0.05, 0.1) is 0 Å². The van der Waals surface area contributed by atoms with E-state index < -0.39 is 0 Å². The summed E-state index contributed by atoms with van der Waals surface area (Å²) in [4.78, 5) is 12.1. The molecule has 0 unspecified atom stereocenters. The molecule has 2 atom stereocenters. The molecule has 4 rings (SSSR count). The minimum Gasteiger partial charge on any atom is -0.489 e. The summed E-state index contributed by atoms with van der Waals surface area (Å²) in [6.07, 6.45) is 2.67. The number of amides is 1. The standard InChI is InChI=1S/C20H21FN2O2/c21-17-4-2-1-3-15(17)13-25-16-7-5-14(6-8-16)18-9-10-20(23-18)11-12-22-19(20)24/h1-8,18,23H,9-13H2,(H,22,24)/t18-,20+/m1/s1. The molecule has 0 saturated carbocycles. The average molecular weight is 340 g/mol. The molecule has 2 aliphatic heterocycles. The van der Waals surface area contributed by atoms with Gasteiger partial charge in [0.25, 0.3) is 0 Å². The lowest BCUT2D eigenvalue weighted by Crippen LogP contribution is -2.47. The lowest BCUT2D eigenvalue weighted by atomic mass is 9.96. The second-order valence-electron chi connectivity index (χ2n) is 6.77. The molecule has 130 valence electrons. The van der Waals surface area contributed by atoms with Crippen LogP contribution >= 0.6 is 0 Å². The highest BCUT2D eigenvalue weighted by Gasteiger charge is 2.47. The Morgan fingerprint density at radius 2 is 1.92 bits per heavy atom. The van der Waals surface area contributed by atoms with E-state index >= 15 is 0 Å². The topological polar surface area (TPSA) is 50.4 Å². The Balaban J connectivity index is 1.39. The van der Waals surface area contributed by atoms with Gasteiger partial charge in [0.2, 0.25) is 5.91 Å². The Bertz CT molecular complexity index is 778. The summed E-state index contributed by atoms with van der Waals surface area (Å²) in [5.41, 5.74) is 1.30. The molecule has 0 aromatic heterocycles. The van der Waals surface area contributed by atoms with Crippen LogP contribution in [-0.2, 0) is 11.4 Å². The molecule has 2 aromatic rings. The van der Waals surface area contributed by atoms with Gasteiger partial charge in [-0.15, -0.1) is 0 Å². The normalized spacial score (nSPS) is 25.3. The predicted octanol–water partition coefficient (Wildman–Crippen LogP) is 3.09. The van der Waals surface area contributed by atoms with Gasteiger partial charge < -0.3 is 10.1 Å². The first-order valence-corrected chi connectivity index (χ1v) is 8.68. The number of benzene rings is 2. The molecule has 0 radical (unpaired) electrons. The summed E-state index contributed by atoms with van der Waals surface area (Å²) in [6.45, 7) is 0.957. The molecule has 4 nitrogen and oxygen atoms in total. The highest BCUT2D eigenvalue weighted by molar-refractivity contribution is 5.88. The van der Waals surface area contributed by atoms with Crippen LogP contribution in [-0.4, -0.2) is 18.0 Å².